The van der Waals surface area contributed by atoms with Crippen molar-refractivity contribution in [3.8, 4) is 0 Å². The number of nitrogens with zero attached hydrogens (tertiary/aromatic N) is 1. The first-order valence-corrected chi connectivity index (χ1v) is 9.37. The van der Waals surface area contributed by atoms with Crippen LogP contribution in [0.3, 0.4) is 0 Å². The van der Waals surface area contributed by atoms with Crippen molar-refractivity contribution in [1.29, 1.82) is 0 Å². The molecule has 0 aliphatic carbocycles. The van der Waals surface area contributed by atoms with E-state index in [-0.39, 0.29) is 24.1 Å². The monoisotopic (exact) mass is 366 g/mol. The van der Waals surface area contributed by atoms with E-state index in [9.17, 15) is 19.2 Å². The molecule has 2 heterocycles. The molecule has 2 aliphatic rings. The summed E-state index contributed by atoms with van der Waals surface area (Å²) in [5, 5.41) is 5.50. The van der Waals surface area contributed by atoms with Crippen LogP contribution in [0.25, 0.3) is 0 Å². The molecule has 2 fully saturated rings. The van der Waals surface area contributed by atoms with Crippen LogP contribution in [0, 0.1) is 5.41 Å². The summed E-state index contributed by atoms with van der Waals surface area (Å²) in [6, 6.07) is -1.99. The lowest BCUT2D eigenvalue weighted by molar-refractivity contribution is -0.141. The van der Waals surface area contributed by atoms with Crippen molar-refractivity contribution in [3.05, 3.63) is 0 Å². The van der Waals surface area contributed by atoms with Gasteiger partial charge in [-0.25, -0.2) is 0 Å². The molecule has 4 amide bonds. The number of likely N-dealkylation sites (tertiary alicyclic amines) is 1. The van der Waals surface area contributed by atoms with Gasteiger partial charge in [-0.1, -0.05) is 33.6 Å². The highest BCUT2D eigenvalue weighted by molar-refractivity contribution is 5.96. The molecule has 4 N–H and O–H groups in total. The second-order valence-corrected chi connectivity index (χ2v) is 7.96. The second kappa shape index (κ2) is 8.05. The Balaban J connectivity index is 2.11. The van der Waals surface area contributed by atoms with Gasteiger partial charge in [0.15, 0.2) is 0 Å². The summed E-state index contributed by atoms with van der Waals surface area (Å²) in [6.07, 6.45) is 3.69. The molecule has 0 spiro atoms. The van der Waals surface area contributed by atoms with E-state index in [1.54, 1.807) is 0 Å². The first-order chi connectivity index (χ1) is 12.2. The first kappa shape index (κ1) is 20.2. The van der Waals surface area contributed by atoms with Gasteiger partial charge >= 0.3 is 0 Å². The normalized spacial score (nSPS) is 25.7. The molecule has 8 heteroatoms. The number of carbonyl (C=O) groups is 4. The number of nitrogens with two attached hydrogens (primary N) is 1. The van der Waals surface area contributed by atoms with Gasteiger partial charge in [0.05, 0.1) is 0 Å². The number of unbranched alkanes of at least 4 members (excludes halogenated alkanes) is 1. The Morgan fingerprint density at radius 3 is 2.62 bits per heavy atom. The molecule has 146 valence electrons. The highest BCUT2D eigenvalue weighted by Crippen LogP contribution is 2.31. The highest BCUT2D eigenvalue weighted by Gasteiger charge is 2.45. The van der Waals surface area contributed by atoms with Crippen LogP contribution in [-0.2, 0) is 19.2 Å². The minimum Gasteiger partial charge on any atom is -0.368 e. The van der Waals surface area contributed by atoms with E-state index in [0.29, 0.717) is 19.4 Å². The second-order valence-electron chi connectivity index (χ2n) is 7.96. The first-order valence-electron chi connectivity index (χ1n) is 9.37. The summed E-state index contributed by atoms with van der Waals surface area (Å²) in [5.41, 5.74) is 4.90. The van der Waals surface area contributed by atoms with E-state index >= 15 is 0 Å². The van der Waals surface area contributed by atoms with E-state index in [2.05, 4.69) is 10.6 Å². The molecule has 0 bridgehead atoms. The van der Waals surface area contributed by atoms with Crippen molar-refractivity contribution >= 4 is 23.6 Å². The third-order valence-electron chi connectivity index (χ3n) is 5.29. The zero-order valence-corrected chi connectivity index (χ0v) is 15.8. The minimum absolute atomic E-state index is 0.167. The summed E-state index contributed by atoms with van der Waals surface area (Å²) < 4.78 is 0. The molecule has 0 aromatic carbocycles. The molecule has 0 aromatic heterocycles. The van der Waals surface area contributed by atoms with Crippen LogP contribution in [0.5, 0.6) is 0 Å². The summed E-state index contributed by atoms with van der Waals surface area (Å²) in [5.74, 6) is -1.30. The van der Waals surface area contributed by atoms with Crippen molar-refractivity contribution < 1.29 is 19.2 Å². The Morgan fingerprint density at radius 2 is 2.08 bits per heavy atom. The SMILES string of the molecule is CCCC[C@H](NC(=O)[C@H]1NC(=O)CC1(C)C)C(=O)N1CCC[C@H]1C(N)=O. The van der Waals surface area contributed by atoms with E-state index in [4.69, 9.17) is 5.73 Å². The third-order valence-corrected chi connectivity index (χ3v) is 5.29. The number of rotatable bonds is 7. The van der Waals surface area contributed by atoms with Crippen molar-refractivity contribution in [1.82, 2.24) is 15.5 Å². The van der Waals surface area contributed by atoms with Gasteiger partial charge in [0.25, 0.3) is 0 Å². The zero-order valence-electron chi connectivity index (χ0n) is 15.8. The van der Waals surface area contributed by atoms with Crippen molar-refractivity contribution in [2.24, 2.45) is 11.1 Å². The third kappa shape index (κ3) is 4.34. The molecular weight excluding hydrogens is 336 g/mol. The quantitative estimate of drug-likeness (QED) is 0.589. The van der Waals surface area contributed by atoms with Crippen LogP contribution in [-0.4, -0.2) is 53.2 Å². The van der Waals surface area contributed by atoms with Gasteiger partial charge in [-0.2, -0.15) is 0 Å². The fraction of sp³-hybridized carbons (Fsp3) is 0.778. The van der Waals surface area contributed by atoms with Crippen molar-refractivity contribution in [2.45, 2.75) is 77.4 Å². The van der Waals surface area contributed by atoms with Crippen LogP contribution in [0.4, 0.5) is 0 Å². The lowest BCUT2D eigenvalue weighted by atomic mass is 9.84. The summed E-state index contributed by atoms with van der Waals surface area (Å²) >= 11 is 0. The van der Waals surface area contributed by atoms with Crippen LogP contribution in [0.2, 0.25) is 0 Å². The summed E-state index contributed by atoms with van der Waals surface area (Å²) in [4.78, 5) is 50.4. The molecule has 2 aliphatic heterocycles. The van der Waals surface area contributed by atoms with Gasteiger partial charge < -0.3 is 21.3 Å². The molecule has 26 heavy (non-hydrogen) atoms. The maximum Gasteiger partial charge on any atom is 0.245 e. The van der Waals surface area contributed by atoms with Gasteiger partial charge in [0.2, 0.25) is 23.6 Å². The fourth-order valence-electron chi connectivity index (χ4n) is 3.79. The Bertz CT molecular complexity index is 590. The lowest BCUT2D eigenvalue weighted by Gasteiger charge is -2.30. The van der Waals surface area contributed by atoms with Crippen LogP contribution < -0.4 is 16.4 Å². The highest BCUT2D eigenvalue weighted by atomic mass is 16.2. The topological polar surface area (TPSA) is 122 Å². The van der Waals surface area contributed by atoms with Crippen molar-refractivity contribution in [3.63, 3.8) is 0 Å². The number of hydrogen-bond acceptors (Lipinski definition) is 4. The largest absolute Gasteiger partial charge is 0.368 e. The van der Waals surface area contributed by atoms with E-state index in [1.165, 1.54) is 4.90 Å². The summed E-state index contributed by atoms with van der Waals surface area (Å²) in [7, 11) is 0. The smallest absolute Gasteiger partial charge is 0.245 e. The van der Waals surface area contributed by atoms with Gasteiger partial charge in [-0.3, -0.25) is 19.2 Å². The minimum atomic E-state index is -0.712. The number of nitrogens with one attached hydrogen (secondary N) is 2. The predicted octanol–water partition coefficient (Wildman–Crippen LogP) is 0.0524. The van der Waals surface area contributed by atoms with E-state index in [0.717, 1.165) is 19.3 Å². The van der Waals surface area contributed by atoms with Crippen LogP contribution in [0.15, 0.2) is 0 Å². The van der Waals surface area contributed by atoms with Gasteiger partial charge in [0.1, 0.15) is 18.1 Å². The molecule has 8 nitrogen and oxygen atoms in total. The van der Waals surface area contributed by atoms with Gasteiger partial charge in [-0.05, 0) is 19.3 Å². The molecule has 0 saturated carbocycles. The van der Waals surface area contributed by atoms with Crippen LogP contribution in [0.1, 0.15) is 59.3 Å². The number of primary amides is 1. The zero-order chi connectivity index (χ0) is 19.5. The molecule has 3 atom stereocenters. The Kier molecular flexibility index (Phi) is 6.26. The molecule has 2 saturated heterocycles. The van der Waals surface area contributed by atoms with Crippen molar-refractivity contribution in [2.75, 3.05) is 6.54 Å². The number of hydrogen-bond donors (Lipinski definition) is 3. The standard InChI is InChI=1S/C18H30N4O4/c1-4-5-7-11(17(26)22-9-6-8-12(22)15(19)24)20-16(25)14-18(2,3)10-13(23)21-14/h11-12,14H,4-10H2,1-3H3,(H2,19,24)(H,20,25)(H,21,23)/t11-,12-,14+/m0/s1. The molecular formula is C18H30N4O4. The Morgan fingerprint density at radius 1 is 1.38 bits per heavy atom. The summed E-state index contributed by atoms with van der Waals surface area (Å²) in [6.45, 7) is 6.17. The molecule has 0 unspecified atom stereocenters. The van der Waals surface area contributed by atoms with Gasteiger partial charge in [-0.15, -0.1) is 0 Å². The maximum absolute atomic E-state index is 13.0. The molecule has 0 radical (unpaired) electrons. The number of carbonyl (C=O) groups excluding carboxylic acids is 4. The van der Waals surface area contributed by atoms with E-state index in [1.807, 2.05) is 20.8 Å². The Labute approximate surface area is 154 Å². The fourth-order valence-corrected chi connectivity index (χ4v) is 3.79. The van der Waals surface area contributed by atoms with E-state index < -0.39 is 29.4 Å². The van der Waals surface area contributed by atoms with Crippen LogP contribution >= 0.6 is 0 Å². The number of amides is 4. The van der Waals surface area contributed by atoms with Gasteiger partial charge in [0, 0.05) is 18.4 Å². The lowest BCUT2D eigenvalue weighted by Crippen LogP contribution is -2.56. The Hall–Kier alpha value is -2.12. The predicted molar refractivity (Wildman–Crippen MR) is 95.7 cm³/mol. The average molecular weight is 366 g/mol. The average Bonchev–Trinajstić information content (AvgIpc) is 3.14. The maximum atomic E-state index is 13.0. The molecule has 0 aromatic rings. The molecule has 2 rings (SSSR count).